The third kappa shape index (κ3) is 0.806. The Bertz CT molecular complexity index is 571. The van der Waals surface area contributed by atoms with Gasteiger partial charge in [-0.3, -0.25) is 4.79 Å². The minimum Gasteiger partial charge on any atom is -0.263 e. The van der Waals surface area contributed by atoms with Gasteiger partial charge in [-0.1, -0.05) is 12.1 Å². The summed E-state index contributed by atoms with van der Waals surface area (Å²) >= 11 is 0. The quantitative estimate of drug-likeness (QED) is 0.627. The first kappa shape index (κ1) is 7.25. The van der Waals surface area contributed by atoms with Crippen LogP contribution in [0.2, 0.25) is 0 Å². The maximum Gasteiger partial charge on any atom is 0.316 e. The molecular formula is C9H4N4O. The fourth-order valence-corrected chi connectivity index (χ4v) is 1.50. The van der Waals surface area contributed by atoms with Gasteiger partial charge in [-0.05, 0) is 6.07 Å². The molecule has 66 valence electrons. The molecule has 5 heteroatoms. The summed E-state index contributed by atoms with van der Waals surface area (Å²) < 4.78 is 0. The van der Waals surface area contributed by atoms with E-state index in [2.05, 4.69) is 20.4 Å². The number of nitrogens with zero attached hydrogens (tertiary/aromatic N) is 4. The maximum atomic E-state index is 11.3. The van der Waals surface area contributed by atoms with E-state index in [9.17, 15) is 4.79 Å². The van der Waals surface area contributed by atoms with E-state index in [1.54, 1.807) is 12.3 Å². The minimum absolute atomic E-state index is 0.285. The van der Waals surface area contributed by atoms with E-state index in [1.165, 1.54) is 0 Å². The van der Waals surface area contributed by atoms with Gasteiger partial charge in [-0.25, -0.2) is 0 Å². The molecule has 1 aromatic heterocycles. The van der Waals surface area contributed by atoms with Crippen LogP contribution in [0.3, 0.4) is 0 Å². The zero-order valence-electron chi connectivity index (χ0n) is 7.01. The molecule has 0 radical (unpaired) electrons. The minimum atomic E-state index is -0.429. The summed E-state index contributed by atoms with van der Waals surface area (Å²) in [7, 11) is 0. The number of carbonyl (C=O) groups excluding carboxylic acids is 1. The normalized spacial score (nSPS) is 13.6. The Balaban J connectivity index is 2.58. The van der Waals surface area contributed by atoms with Crippen LogP contribution in [0.4, 0.5) is 5.69 Å². The van der Waals surface area contributed by atoms with Crippen LogP contribution in [0, 0.1) is 0 Å². The summed E-state index contributed by atoms with van der Waals surface area (Å²) in [5.74, 6) is -0.429. The van der Waals surface area contributed by atoms with Gasteiger partial charge < -0.3 is 0 Å². The number of aromatic nitrogens is 2. The van der Waals surface area contributed by atoms with Gasteiger partial charge in [0, 0.05) is 10.8 Å². The summed E-state index contributed by atoms with van der Waals surface area (Å²) in [6.07, 6.45) is 1.61. The molecule has 1 aliphatic heterocycles. The van der Waals surface area contributed by atoms with Crippen LogP contribution in [0.15, 0.2) is 34.6 Å². The number of rotatable bonds is 0. The molecule has 1 aliphatic rings. The Morgan fingerprint density at radius 3 is 3.00 bits per heavy atom. The summed E-state index contributed by atoms with van der Waals surface area (Å²) in [6.45, 7) is 0. The topological polar surface area (TPSA) is 67.6 Å². The summed E-state index contributed by atoms with van der Waals surface area (Å²) in [5.41, 5.74) is 0.958. The molecule has 0 fully saturated rings. The Morgan fingerprint density at radius 2 is 2.07 bits per heavy atom. The highest BCUT2D eigenvalue weighted by Crippen LogP contribution is 2.31. The fourth-order valence-electron chi connectivity index (χ4n) is 1.50. The van der Waals surface area contributed by atoms with Gasteiger partial charge in [0.1, 0.15) is 0 Å². The number of azo groups is 1. The number of carbonyl (C=O) groups is 1. The smallest absolute Gasteiger partial charge is 0.263 e. The zero-order chi connectivity index (χ0) is 9.54. The molecule has 0 atom stereocenters. The van der Waals surface area contributed by atoms with Crippen LogP contribution in [-0.4, -0.2) is 16.1 Å². The molecular weight excluding hydrogens is 180 g/mol. The van der Waals surface area contributed by atoms with E-state index in [1.807, 2.05) is 12.1 Å². The van der Waals surface area contributed by atoms with E-state index in [0.717, 1.165) is 10.8 Å². The Hall–Kier alpha value is -2.17. The van der Waals surface area contributed by atoms with Crippen LogP contribution >= 0.6 is 0 Å². The highest BCUT2D eigenvalue weighted by Gasteiger charge is 2.18. The molecule has 5 nitrogen and oxygen atoms in total. The average molecular weight is 184 g/mol. The lowest BCUT2D eigenvalue weighted by atomic mass is 10.1. The fraction of sp³-hybridized carbons (Fsp3) is 0. The maximum absolute atomic E-state index is 11.3. The Labute approximate surface area is 78.5 Å². The average Bonchev–Trinajstić information content (AvgIpc) is 2.24. The van der Waals surface area contributed by atoms with Crippen molar-refractivity contribution in [2.75, 3.05) is 0 Å². The molecule has 0 saturated carbocycles. The predicted molar refractivity (Wildman–Crippen MR) is 48.4 cm³/mol. The monoisotopic (exact) mass is 184 g/mol. The number of benzene rings is 1. The van der Waals surface area contributed by atoms with Crippen molar-refractivity contribution in [1.82, 2.24) is 10.2 Å². The van der Waals surface area contributed by atoms with Crippen molar-refractivity contribution in [3.05, 3.63) is 30.1 Å². The first-order chi connectivity index (χ1) is 6.86. The first-order valence-electron chi connectivity index (χ1n) is 4.07. The van der Waals surface area contributed by atoms with Gasteiger partial charge in [0.2, 0.25) is 0 Å². The highest BCUT2D eigenvalue weighted by atomic mass is 16.2. The third-order valence-corrected chi connectivity index (χ3v) is 2.12. The van der Waals surface area contributed by atoms with Crippen LogP contribution in [-0.2, 0) is 0 Å². The van der Waals surface area contributed by atoms with Crippen molar-refractivity contribution in [2.45, 2.75) is 0 Å². The summed E-state index contributed by atoms with van der Waals surface area (Å²) in [6, 6.07) is 5.51. The van der Waals surface area contributed by atoms with Crippen molar-refractivity contribution in [2.24, 2.45) is 10.2 Å². The summed E-state index contributed by atoms with van der Waals surface area (Å²) in [4.78, 5) is 11.3. The molecule has 1 aromatic carbocycles. The number of hydrogen-bond acceptors (Lipinski definition) is 4. The zero-order valence-corrected chi connectivity index (χ0v) is 7.01. The van der Waals surface area contributed by atoms with E-state index >= 15 is 0 Å². The second-order valence-electron chi connectivity index (χ2n) is 2.94. The number of amides is 1. The number of hydrogen-bond donors (Lipinski definition) is 0. The molecule has 0 saturated heterocycles. The van der Waals surface area contributed by atoms with E-state index in [4.69, 9.17) is 0 Å². The van der Waals surface area contributed by atoms with Crippen molar-refractivity contribution in [1.29, 1.82) is 0 Å². The molecule has 0 bridgehead atoms. The van der Waals surface area contributed by atoms with Gasteiger partial charge in [0.05, 0.1) is 11.9 Å². The van der Waals surface area contributed by atoms with Gasteiger partial charge >= 0.3 is 5.91 Å². The van der Waals surface area contributed by atoms with Gasteiger partial charge in [-0.15, -0.1) is 15.3 Å². The summed E-state index contributed by atoms with van der Waals surface area (Å²) in [5, 5.41) is 16.4. The third-order valence-electron chi connectivity index (χ3n) is 2.12. The van der Waals surface area contributed by atoms with Crippen LogP contribution < -0.4 is 0 Å². The lowest BCUT2D eigenvalue weighted by Gasteiger charge is -2.06. The molecule has 14 heavy (non-hydrogen) atoms. The second-order valence-corrected chi connectivity index (χ2v) is 2.94. The molecule has 1 amide bonds. The van der Waals surface area contributed by atoms with Gasteiger partial charge in [0.15, 0.2) is 5.69 Å². The SMILES string of the molecule is O=C1N=Nc2cccc3cnnc1c23. The van der Waals surface area contributed by atoms with Crippen molar-refractivity contribution < 1.29 is 4.79 Å². The standard InChI is InChI=1S/C9H4N4O/c14-9-8-7-5(4-10-12-8)2-1-3-6(7)11-13-9/h1-4H. The molecule has 0 spiro atoms. The largest absolute Gasteiger partial charge is 0.316 e. The predicted octanol–water partition coefficient (Wildman–Crippen LogP) is 1.87. The molecule has 3 rings (SSSR count). The van der Waals surface area contributed by atoms with Crippen molar-refractivity contribution >= 4 is 22.4 Å². The first-order valence-corrected chi connectivity index (χ1v) is 4.07. The van der Waals surface area contributed by atoms with Gasteiger partial charge in [0.25, 0.3) is 0 Å². The molecule has 0 N–H and O–H groups in total. The van der Waals surface area contributed by atoms with Crippen LogP contribution in [0.5, 0.6) is 0 Å². The highest BCUT2D eigenvalue weighted by molar-refractivity contribution is 6.10. The van der Waals surface area contributed by atoms with Crippen LogP contribution in [0.1, 0.15) is 10.5 Å². The van der Waals surface area contributed by atoms with E-state index in [-0.39, 0.29) is 5.69 Å². The molecule has 0 aliphatic carbocycles. The molecule has 0 unspecified atom stereocenters. The molecule has 2 aromatic rings. The van der Waals surface area contributed by atoms with Crippen molar-refractivity contribution in [3.63, 3.8) is 0 Å². The Kier molecular flexibility index (Phi) is 1.25. The van der Waals surface area contributed by atoms with E-state index < -0.39 is 5.91 Å². The van der Waals surface area contributed by atoms with E-state index in [0.29, 0.717) is 5.69 Å². The van der Waals surface area contributed by atoms with Crippen LogP contribution in [0.25, 0.3) is 10.8 Å². The van der Waals surface area contributed by atoms with Gasteiger partial charge in [-0.2, -0.15) is 5.10 Å². The van der Waals surface area contributed by atoms with Crippen molar-refractivity contribution in [3.8, 4) is 0 Å². The molecule has 2 heterocycles. The second kappa shape index (κ2) is 2.41. The lowest BCUT2D eigenvalue weighted by Crippen LogP contribution is -2.03. The lowest BCUT2D eigenvalue weighted by molar-refractivity contribution is 0.0989. The Morgan fingerprint density at radius 1 is 1.14 bits per heavy atom.